The van der Waals surface area contributed by atoms with Crippen LogP contribution in [0.1, 0.15) is 34.5 Å². The molecular formula is C23H21F3N2O3S. The first-order chi connectivity index (χ1) is 15.4. The molecule has 1 saturated heterocycles. The number of ether oxygens (including phenoxy) is 2. The van der Waals surface area contributed by atoms with Gasteiger partial charge in [0, 0.05) is 18.5 Å². The molecule has 1 N–H and O–H groups in total. The number of amides is 1. The molecule has 3 aromatic rings. The molecule has 1 fully saturated rings. The molecule has 2 heterocycles. The summed E-state index contributed by atoms with van der Waals surface area (Å²) in [5.74, 6) is 0.205. The second kappa shape index (κ2) is 9.70. The van der Waals surface area contributed by atoms with Crippen molar-refractivity contribution in [1.29, 1.82) is 0 Å². The number of rotatable bonds is 7. The molecule has 4 rings (SSSR count). The summed E-state index contributed by atoms with van der Waals surface area (Å²) in [6, 6.07) is 12.1. The van der Waals surface area contributed by atoms with Gasteiger partial charge in [-0.05, 0) is 42.7 Å². The van der Waals surface area contributed by atoms with E-state index in [1.807, 2.05) is 6.07 Å². The highest BCUT2D eigenvalue weighted by molar-refractivity contribution is 7.13. The third-order valence-electron chi connectivity index (χ3n) is 5.02. The van der Waals surface area contributed by atoms with Crippen LogP contribution < -0.4 is 10.1 Å². The number of para-hydroxylation sites is 1. The monoisotopic (exact) mass is 462 g/mol. The fourth-order valence-corrected chi connectivity index (χ4v) is 4.20. The molecule has 9 heteroatoms. The van der Waals surface area contributed by atoms with Gasteiger partial charge in [-0.25, -0.2) is 4.98 Å². The van der Waals surface area contributed by atoms with Crippen LogP contribution >= 0.6 is 11.3 Å². The smallest absolute Gasteiger partial charge is 0.416 e. The molecule has 1 aliphatic heterocycles. The van der Waals surface area contributed by atoms with Crippen molar-refractivity contribution in [2.75, 3.05) is 13.2 Å². The molecule has 5 nitrogen and oxygen atoms in total. The zero-order valence-corrected chi connectivity index (χ0v) is 17.8. The van der Waals surface area contributed by atoms with Crippen LogP contribution in [0.15, 0.2) is 53.9 Å². The van der Waals surface area contributed by atoms with Gasteiger partial charge in [0.05, 0.1) is 17.2 Å². The van der Waals surface area contributed by atoms with Crippen LogP contribution in [0.2, 0.25) is 0 Å². The standard InChI is InChI=1S/C23H21F3N2O3S/c24-23(25,26)16-6-3-5-15(11-16)13-31-20-9-2-1-8-18(20)22-28-19(14-32-22)21(29)27-12-17-7-4-10-30-17/h1-3,5-6,8-9,11,14,17H,4,7,10,12-13H2,(H,27,29). The molecule has 168 valence electrons. The van der Waals surface area contributed by atoms with Crippen molar-refractivity contribution in [1.82, 2.24) is 10.3 Å². The van der Waals surface area contributed by atoms with Gasteiger partial charge in [-0.2, -0.15) is 13.2 Å². The van der Waals surface area contributed by atoms with Gasteiger partial charge in [-0.1, -0.05) is 24.3 Å². The van der Waals surface area contributed by atoms with E-state index in [4.69, 9.17) is 9.47 Å². The normalized spacial score (nSPS) is 16.2. The molecule has 0 saturated carbocycles. The van der Waals surface area contributed by atoms with Crippen LogP contribution in [0.3, 0.4) is 0 Å². The van der Waals surface area contributed by atoms with Gasteiger partial charge < -0.3 is 14.8 Å². The molecule has 1 unspecified atom stereocenters. The summed E-state index contributed by atoms with van der Waals surface area (Å²) >= 11 is 1.30. The van der Waals surface area contributed by atoms with Crippen molar-refractivity contribution in [3.8, 4) is 16.3 Å². The second-order valence-corrected chi connectivity index (χ2v) is 8.22. The number of aromatic nitrogens is 1. The average Bonchev–Trinajstić information content (AvgIpc) is 3.48. The molecule has 1 aliphatic rings. The van der Waals surface area contributed by atoms with E-state index >= 15 is 0 Å². The van der Waals surface area contributed by atoms with E-state index in [2.05, 4.69) is 10.3 Å². The van der Waals surface area contributed by atoms with Gasteiger partial charge in [-0.15, -0.1) is 11.3 Å². The first kappa shape index (κ1) is 22.3. The Morgan fingerprint density at radius 3 is 2.84 bits per heavy atom. The molecule has 0 radical (unpaired) electrons. The summed E-state index contributed by atoms with van der Waals surface area (Å²) in [4.78, 5) is 16.8. The average molecular weight is 462 g/mol. The van der Waals surface area contributed by atoms with Crippen molar-refractivity contribution in [3.05, 3.63) is 70.7 Å². The number of carbonyl (C=O) groups excluding carboxylic acids is 1. The molecule has 1 aromatic heterocycles. The predicted molar refractivity (Wildman–Crippen MR) is 115 cm³/mol. The maximum absolute atomic E-state index is 12.9. The number of thiazole rings is 1. The van der Waals surface area contributed by atoms with Crippen molar-refractivity contribution >= 4 is 17.2 Å². The minimum atomic E-state index is -4.41. The van der Waals surface area contributed by atoms with Gasteiger partial charge in [0.15, 0.2) is 0 Å². The molecule has 0 spiro atoms. The largest absolute Gasteiger partial charge is 0.488 e. The molecule has 0 aliphatic carbocycles. The lowest BCUT2D eigenvalue weighted by atomic mass is 10.1. The Balaban J connectivity index is 1.44. The number of carbonyl (C=O) groups is 1. The van der Waals surface area contributed by atoms with Crippen LogP contribution in [0.25, 0.3) is 10.6 Å². The number of alkyl halides is 3. The quantitative estimate of drug-likeness (QED) is 0.517. The SMILES string of the molecule is O=C(NCC1CCCO1)c1csc(-c2ccccc2OCc2cccc(C(F)(F)F)c2)n1. The Bertz CT molecular complexity index is 1080. The Kier molecular flexibility index (Phi) is 6.76. The van der Waals surface area contributed by atoms with Crippen LogP contribution in [-0.2, 0) is 17.5 Å². The highest BCUT2D eigenvalue weighted by Crippen LogP contribution is 2.33. The maximum Gasteiger partial charge on any atom is 0.416 e. The first-order valence-corrected chi connectivity index (χ1v) is 11.0. The third-order valence-corrected chi connectivity index (χ3v) is 5.89. The number of nitrogens with zero attached hydrogens (tertiary/aromatic N) is 1. The van der Waals surface area contributed by atoms with Crippen LogP contribution in [0, 0.1) is 0 Å². The molecule has 0 bridgehead atoms. The Morgan fingerprint density at radius 1 is 1.22 bits per heavy atom. The summed E-state index contributed by atoms with van der Waals surface area (Å²) in [7, 11) is 0. The first-order valence-electron chi connectivity index (χ1n) is 10.1. The van der Waals surface area contributed by atoms with Gasteiger partial charge in [0.25, 0.3) is 5.91 Å². The summed E-state index contributed by atoms with van der Waals surface area (Å²) in [5, 5.41) is 5.10. The summed E-state index contributed by atoms with van der Waals surface area (Å²) in [5.41, 5.74) is 0.659. The van der Waals surface area contributed by atoms with Crippen molar-refractivity contribution < 1.29 is 27.4 Å². The second-order valence-electron chi connectivity index (χ2n) is 7.37. The van der Waals surface area contributed by atoms with Gasteiger partial charge >= 0.3 is 6.18 Å². The fourth-order valence-electron chi connectivity index (χ4n) is 3.37. The number of hydrogen-bond donors (Lipinski definition) is 1. The molecular weight excluding hydrogens is 441 g/mol. The minimum absolute atomic E-state index is 0.0267. The van der Waals surface area contributed by atoms with Crippen molar-refractivity contribution in [3.63, 3.8) is 0 Å². The van der Waals surface area contributed by atoms with Gasteiger partial charge in [0.1, 0.15) is 23.1 Å². The number of hydrogen-bond acceptors (Lipinski definition) is 5. The maximum atomic E-state index is 12.9. The number of halogens is 3. The van der Waals surface area contributed by atoms with Crippen LogP contribution in [0.4, 0.5) is 13.2 Å². The lowest BCUT2D eigenvalue weighted by molar-refractivity contribution is -0.137. The van der Waals surface area contributed by atoms with E-state index in [0.29, 0.717) is 34.1 Å². The highest BCUT2D eigenvalue weighted by Gasteiger charge is 2.30. The lowest BCUT2D eigenvalue weighted by Crippen LogP contribution is -2.31. The van der Waals surface area contributed by atoms with Crippen molar-refractivity contribution in [2.24, 2.45) is 0 Å². The molecule has 1 atom stereocenters. The summed E-state index contributed by atoms with van der Waals surface area (Å²) < 4.78 is 50.1. The molecule has 1 amide bonds. The van der Waals surface area contributed by atoms with E-state index in [-0.39, 0.29) is 18.6 Å². The van der Waals surface area contributed by atoms with E-state index in [1.165, 1.54) is 17.4 Å². The minimum Gasteiger partial charge on any atom is -0.488 e. The summed E-state index contributed by atoms with van der Waals surface area (Å²) in [6.07, 6.45) is -2.44. The number of nitrogens with one attached hydrogen (secondary N) is 1. The third kappa shape index (κ3) is 5.46. The topological polar surface area (TPSA) is 60.5 Å². The van der Waals surface area contributed by atoms with Gasteiger partial charge in [-0.3, -0.25) is 4.79 Å². The van der Waals surface area contributed by atoms with Crippen LogP contribution in [-0.4, -0.2) is 30.1 Å². The zero-order chi connectivity index (χ0) is 22.6. The number of benzene rings is 2. The lowest BCUT2D eigenvalue weighted by Gasteiger charge is -2.12. The Labute approximate surface area is 187 Å². The van der Waals surface area contributed by atoms with E-state index in [1.54, 1.807) is 29.6 Å². The van der Waals surface area contributed by atoms with Crippen molar-refractivity contribution in [2.45, 2.75) is 31.7 Å². The van der Waals surface area contributed by atoms with E-state index < -0.39 is 11.7 Å². The Morgan fingerprint density at radius 2 is 2.06 bits per heavy atom. The highest BCUT2D eigenvalue weighted by atomic mass is 32.1. The van der Waals surface area contributed by atoms with E-state index in [9.17, 15) is 18.0 Å². The zero-order valence-electron chi connectivity index (χ0n) is 17.0. The molecule has 32 heavy (non-hydrogen) atoms. The van der Waals surface area contributed by atoms with Crippen LogP contribution in [0.5, 0.6) is 5.75 Å². The fraction of sp³-hybridized carbons (Fsp3) is 0.304. The summed E-state index contributed by atoms with van der Waals surface area (Å²) in [6.45, 7) is 1.14. The predicted octanol–water partition coefficient (Wildman–Crippen LogP) is 5.32. The molecule has 2 aromatic carbocycles. The van der Waals surface area contributed by atoms with Gasteiger partial charge in [0.2, 0.25) is 0 Å². The van der Waals surface area contributed by atoms with E-state index in [0.717, 1.165) is 31.6 Å². The Hall–Kier alpha value is -2.91.